The predicted molar refractivity (Wildman–Crippen MR) is 123 cm³/mol. The van der Waals surface area contributed by atoms with Gasteiger partial charge in [-0.2, -0.15) is 4.31 Å². The van der Waals surface area contributed by atoms with E-state index >= 15 is 0 Å². The predicted octanol–water partition coefficient (Wildman–Crippen LogP) is 4.66. The normalized spacial score (nSPS) is 17.6. The number of carbonyl (C=O) groups is 1. The quantitative estimate of drug-likeness (QED) is 0.582. The molecule has 6 nitrogen and oxygen atoms in total. The maximum absolute atomic E-state index is 13.5. The molecule has 0 spiro atoms. The van der Waals surface area contributed by atoms with Crippen molar-refractivity contribution in [3.05, 3.63) is 84.4 Å². The second-order valence-corrected chi connectivity index (χ2v) is 9.96. The summed E-state index contributed by atoms with van der Waals surface area (Å²) in [5.41, 5.74) is 3.40. The van der Waals surface area contributed by atoms with Crippen molar-refractivity contribution in [2.24, 2.45) is 0 Å². The summed E-state index contributed by atoms with van der Waals surface area (Å²) in [6.45, 7) is 0.971. The molecule has 0 N–H and O–H groups in total. The highest BCUT2D eigenvalue weighted by molar-refractivity contribution is 7.89. The fourth-order valence-electron chi connectivity index (χ4n) is 4.55. The van der Waals surface area contributed by atoms with Crippen LogP contribution in [0.2, 0.25) is 0 Å². The van der Waals surface area contributed by atoms with Crippen molar-refractivity contribution in [1.82, 2.24) is 4.31 Å². The highest BCUT2D eigenvalue weighted by Crippen LogP contribution is 2.34. The summed E-state index contributed by atoms with van der Waals surface area (Å²) in [5, 5.41) is 0. The highest BCUT2D eigenvalue weighted by Gasteiger charge is 2.37. The van der Waals surface area contributed by atoms with Gasteiger partial charge in [-0.05, 0) is 30.5 Å². The number of hydrogen-bond acceptors (Lipinski definition) is 4. The van der Waals surface area contributed by atoms with Crippen LogP contribution in [0.5, 0.6) is 0 Å². The SMILES string of the molecule is O=C1OCc2ccccc2N1C1CCN(S(=O)(=O)c2ccccc2-c2ccccc2)CC1. The van der Waals surface area contributed by atoms with Gasteiger partial charge >= 0.3 is 6.09 Å². The van der Waals surface area contributed by atoms with E-state index in [1.165, 1.54) is 4.31 Å². The van der Waals surface area contributed by atoms with Gasteiger partial charge in [0.1, 0.15) is 6.61 Å². The number of fused-ring (bicyclic) bond motifs is 1. The average molecular weight is 449 g/mol. The molecule has 2 aliphatic rings. The average Bonchev–Trinajstić information content (AvgIpc) is 2.85. The minimum atomic E-state index is -3.67. The number of benzene rings is 3. The van der Waals surface area contributed by atoms with Crippen molar-refractivity contribution in [1.29, 1.82) is 0 Å². The van der Waals surface area contributed by atoms with Gasteiger partial charge in [-0.3, -0.25) is 4.90 Å². The van der Waals surface area contributed by atoms with Gasteiger partial charge in [0.05, 0.1) is 10.6 Å². The van der Waals surface area contributed by atoms with Crippen molar-refractivity contribution < 1.29 is 17.9 Å². The molecule has 0 atom stereocenters. The number of piperidine rings is 1. The van der Waals surface area contributed by atoms with Crippen molar-refractivity contribution in [2.75, 3.05) is 18.0 Å². The number of hydrogen-bond donors (Lipinski definition) is 0. The van der Waals surface area contributed by atoms with E-state index in [0.717, 1.165) is 16.8 Å². The van der Waals surface area contributed by atoms with Crippen LogP contribution in [0, 0.1) is 0 Å². The number of ether oxygens (including phenoxy) is 1. The van der Waals surface area contributed by atoms with E-state index in [2.05, 4.69) is 0 Å². The molecule has 5 rings (SSSR count). The molecule has 32 heavy (non-hydrogen) atoms. The van der Waals surface area contributed by atoms with Gasteiger partial charge in [0.15, 0.2) is 0 Å². The lowest BCUT2D eigenvalue weighted by Crippen LogP contribution is -2.50. The van der Waals surface area contributed by atoms with Crippen LogP contribution in [-0.2, 0) is 21.4 Å². The Kier molecular flexibility index (Phi) is 5.45. The Bertz CT molecular complexity index is 1240. The Balaban J connectivity index is 1.38. The first-order valence-electron chi connectivity index (χ1n) is 10.7. The Morgan fingerprint density at radius 1 is 0.812 bits per heavy atom. The molecule has 0 radical (unpaired) electrons. The van der Waals surface area contributed by atoms with Crippen LogP contribution >= 0.6 is 0 Å². The van der Waals surface area contributed by atoms with Crippen molar-refractivity contribution >= 4 is 21.8 Å². The van der Waals surface area contributed by atoms with E-state index in [9.17, 15) is 13.2 Å². The van der Waals surface area contributed by atoms with Crippen molar-refractivity contribution in [2.45, 2.75) is 30.4 Å². The third-order valence-corrected chi connectivity index (χ3v) is 8.13. The van der Waals surface area contributed by atoms with E-state index < -0.39 is 10.0 Å². The molecule has 1 fully saturated rings. The molecule has 1 saturated heterocycles. The molecule has 0 aliphatic carbocycles. The molecular weight excluding hydrogens is 424 g/mol. The Morgan fingerprint density at radius 2 is 1.47 bits per heavy atom. The van der Waals surface area contributed by atoms with Gasteiger partial charge < -0.3 is 4.74 Å². The van der Waals surface area contributed by atoms with Crippen molar-refractivity contribution in [3.8, 4) is 11.1 Å². The third-order valence-electron chi connectivity index (χ3n) is 6.18. The highest BCUT2D eigenvalue weighted by atomic mass is 32.2. The zero-order chi connectivity index (χ0) is 22.1. The summed E-state index contributed by atoms with van der Waals surface area (Å²) in [5.74, 6) is 0. The molecule has 0 bridgehead atoms. The molecule has 0 unspecified atom stereocenters. The lowest BCUT2D eigenvalue weighted by molar-refractivity contribution is 0.136. The smallest absolute Gasteiger partial charge is 0.414 e. The van der Waals surface area contributed by atoms with Crippen LogP contribution in [-0.4, -0.2) is 37.9 Å². The number of amides is 1. The fraction of sp³-hybridized carbons (Fsp3) is 0.240. The molecule has 0 aromatic heterocycles. The maximum atomic E-state index is 13.5. The van der Waals surface area contributed by atoms with E-state index in [-0.39, 0.29) is 18.7 Å². The molecule has 0 saturated carbocycles. The molecular formula is C25H24N2O4S. The zero-order valence-electron chi connectivity index (χ0n) is 17.6. The van der Waals surface area contributed by atoms with Gasteiger partial charge in [0, 0.05) is 30.3 Å². The molecule has 3 aromatic carbocycles. The second-order valence-electron chi connectivity index (χ2n) is 8.05. The second kappa shape index (κ2) is 8.41. The van der Waals surface area contributed by atoms with Crippen LogP contribution in [0.4, 0.5) is 10.5 Å². The summed E-state index contributed by atoms with van der Waals surface area (Å²) in [6, 6.07) is 24.3. The number of sulfonamides is 1. The molecule has 164 valence electrons. The number of rotatable bonds is 4. The summed E-state index contributed by atoms with van der Waals surface area (Å²) in [4.78, 5) is 14.5. The van der Waals surface area contributed by atoms with Gasteiger partial charge in [-0.1, -0.05) is 66.7 Å². The first-order chi connectivity index (χ1) is 15.6. The number of nitrogens with zero attached hydrogens (tertiary/aromatic N) is 2. The van der Waals surface area contributed by atoms with E-state index in [0.29, 0.717) is 36.4 Å². The number of carbonyl (C=O) groups excluding carboxylic acids is 1. The van der Waals surface area contributed by atoms with E-state index in [1.54, 1.807) is 17.0 Å². The Morgan fingerprint density at radius 3 is 2.25 bits per heavy atom. The number of cyclic esters (lactones) is 1. The number of anilines is 1. The van der Waals surface area contributed by atoms with Crippen LogP contribution in [0.1, 0.15) is 18.4 Å². The fourth-order valence-corrected chi connectivity index (χ4v) is 6.23. The van der Waals surface area contributed by atoms with Gasteiger partial charge in [0.25, 0.3) is 0 Å². The van der Waals surface area contributed by atoms with Gasteiger partial charge in [-0.25, -0.2) is 13.2 Å². The molecule has 7 heteroatoms. The summed E-state index contributed by atoms with van der Waals surface area (Å²) >= 11 is 0. The van der Waals surface area contributed by atoms with Crippen molar-refractivity contribution in [3.63, 3.8) is 0 Å². The Hall–Kier alpha value is -3.16. The molecule has 1 amide bonds. The van der Waals surface area contributed by atoms with Crippen LogP contribution < -0.4 is 4.90 Å². The Labute approximate surface area is 188 Å². The first-order valence-corrected chi connectivity index (χ1v) is 12.2. The van der Waals surface area contributed by atoms with Crippen LogP contribution in [0.25, 0.3) is 11.1 Å². The maximum Gasteiger partial charge on any atom is 0.414 e. The lowest BCUT2D eigenvalue weighted by atomic mass is 10.0. The first kappa shape index (κ1) is 20.7. The van der Waals surface area contributed by atoms with Crippen LogP contribution in [0.3, 0.4) is 0 Å². The number of para-hydroxylation sites is 1. The largest absolute Gasteiger partial charge is 0.444 e. The summed E-state index contributed by atoms with van der Waals surface area (Å²) in [7, 11) is -3.67. The molecule has 2 aliphatic heterocycles. The minimum Gasteiger partial charge on any atom is -0.444 e. The van der Waals surface area contributed by atoms with E-state index in [4.69, 9.17) is 4.74 Å². The molecule has 2 heterocycles. The minimum absolute atomic E-state index is 0.0974. The zero-order valence-corrected chi connectivity index (χ0v) is 18.4. The molecule has 3 aromatic rings. The standard InChI is InChI=1S/C25H24N2O4S/c28-25-27(23-12-6-4-10-20(23)18-31-25)21-14-16-26(17-15-21)32(29,30)24-13-7-5-11-22(24)19-8-2-1-3-9-19/h1-13,21H,14-18H2. The lowest BCUT2D eigenvalue weighted by Gasteiger charge is -2.39. The van der Waals surface area contributed by atoms with Crippen LogP contribution in [0.15, 0.2) is 83.8 Å². The van der Waals surface area contributed by atoms with Gasteiger partial charge in [0.2, 0.25) is 10.0 Å². The monoisotopic (exact) mass is 448 g/mol. The third kappa shape index (κ3) is 3.67. The topological polar surface area (TPSA) is 66.9 Å². The van der Waals surface area contributed by atoms with E-state index in [1.807, 2.05) is 66.7 Å². The summed E-state index contributed by atoms with van der Waals surface area (Å²) in [6.07, 6.45) is 0.742. The van der Waals surface area contributed by atoms with Gasteiger partial charge in [-0.15, -0.1) is 0 Å². The summed E-state index contributed by atoms with van der Waals surface area (Å²) < 4.78 is 34.0.